The molecule has 0 fully saturated rings. The summed E-state index contributed by atoms with van der Waals surface area (Å²) in [6, 6.07) is 5.29. The lowest BCUT2D eigenvalue weighted by Gasteiger charge is -2.16. The summed E-state index contributed by atoms with van der Waals surface area (Å²) in [6.45, 7) is 0. The molecular weight excluding hydrogens is 298 g/mol. The fraction of sp³-hybridized carbons (Fsp3) is 0.538. The van der Waals surface area contributed by atoms with Crippen molar-refractivity contribution in [3.63, 3.8) is 0 Å². The fourth-order valence-electron chi connectivity index (χ4n) is 1.64. The van der Waals surface area contributed by atoms with Gasteiger partial charge in [0.15, 0.2) is 0 Å². The van der Waals surface area contributed by atoms with Gasteiger partial charge in [0.2, 0.25) is 0 Å². The molecular formula is C13H21NO4S2. The first-order chi connectivity index (χ1) is 9.37. The van der Waals surface area contributed by atoms with Crippen LogP contribution in [0.25, 0.3) is 0 Å². The Morgan fingerprint density at radius 2 is 2.00 bits per heavy atom. The Morgan fingerprint density at radius 3 is 2.55 bits per heavy atom. The maximum atomic E-state index is 11.0. The van der Waals surface area contributed by atoms with Crippen LogP contribution in [0.5, 0.6) is 11.5 Å². The van der Waals surface area contributed by atoms with E-state index in [9.17, 15) is 8.42 Å². The molecule has 1 rings (SSSR count). The minimum absolute atomic E-state index is 0.171. The van der Waals surface area contributed by atoms with Gasteiger partial charge in [-0.1, -0.05) is 6.07 Å². The molecule has 1 aromatic rings. The van der Waals surface area contributed by atoms with Crippen LogP contribution in [-0.2, 0) is 9.84 Å². The molecule has 0 aromatic heterocycles. The summed E-state index contributed by atoms with van der Waals surface area (Å²) in [5.74, 6) is 2.75. The molecule has 0 saturated heterocycles. The first-order valence-corrected chi connectivity index (χ1v) is 9.32. The summed E-state index contributed by atoms with van der Waals surface area (Å²) in [5, 5.41) is 0. The number of hydrogen-bond donors (Lipinski definition) is 1. The second kappa shape index (κ2) is 7.75. The van der Waals surface area contributed by atoms with Crippen molar-refractivity contribution in [2.24, 2.45) is 5.73 Å². The zero-order valence-corrected chi connectivity index (χ0v) is 13.6. The van der Waals surface area contributed by atoms with Crippen LogP contribution in [0.4, 0.5) is 0 Å². The minimum atomic E-state index is -2.91. The maximum Gasteiger partial charge on any atom is 0.148 e. The van der Waals surface area contributed by atoms with Crippen LogP contribution in [0.15, 0.2) is 18.2 Å². The number of hydrogen-bond acceptors (Lipinski definition) is 6. The van der Waals surface area contributed by atoms with Crippen molar-refractivity contribution >= 4 is 21.6 Å². The van der Waals surface area contributed by atoms with Crippen LogP contribution >= 0.6 is 11.8 Å². The molecule has 5 nitrogen and oxygen atoms in total. The van der Waals surface area contributed by atoms with E-state index in [1.165, 1.54) is 18.0 Å². The van der Waals surface area contributed by atoms with Crippen LogP contribution in [0.1, 0.15) is 11.6 Å². The van der Waals surface area contributed by atoms with E-state index in [2.05, 4.69) is 0 Å². The Balaban J connectivity index is 2.61. The van der Waals surface area contributed by atoms with Gasteiger partial charge in [0.1, 0.15) is 21.3 Å². The quantitative estimate of drug-likeness (QED) is 0.731. The monoisotopic (exact) mass is 319 g/mol. The molecule has 2 N–H and O–H groups in total. The largest absolute Gasteiger partial charge is 0.497 e. The van der Waals surface area contributed by atoms with E-state index in [4.69, 9.17) is 15.2 Å². The SMILES string of the molecule is COc1ccc(C(N)CSCCS(C)(=O)=O)c(OC)c1. The molecule has 0 aliphatic rings. The van der Waals surface area contributed by atoms with E-state index in [0.29, 0.717) is 23.0 Å². The smallest absolute Gasteiger partial charge is 0.148 e. The number of ether oxygens (including phenoxy) is 2. The first kappa shape index (κ1) is 17.1. The maximum absolute atomic E-state index is 11.0. The highest BCUT2D eigenvalue weighted by Gasteiger charge is 2.13. The third-order valence-electron chi connectivity index (χ3n) is 2.74. The second-order valence-corrected chi connectivity index (χ2v) is 7.83. The summed E-state index contributed by atoms with van der Waals surface area (Å²) in [6.07, 6.45) is 1.24. The predicted molar refractivity (Wildman–Crippen MR) is 83.5 cm³/mol. The number of methoxy groups -OCH3 is 2. The molecule has 0 radical (unpaired) electrons. The van der Waals surface area contributed by atoms with Gasteiger partial charge in [0, 0.05) is 35.4 Å². The van der Waals surface area contributed by atoms with Crippen LogP contribution < -0.4 is 15.2 Å². The molecule has 0 aliphatic heterocycles. The van der Waals surface area contributed by atoms with Crippen molar-refractivity contribution in [2.75, 3.05) is 37.7 Å². The van der Waals surface area contributed by atoms with Crippen molar-refractivity contribution in [1.29, 1.82) is 0 Å². The average molecular weight is 319 g/mol. The molecule has 20 heavy (non-hydrogen) atoms. The van der Waals surface area contributed by atoms with E-state index in [0.717, 1.165) is 5.56 Å². The van der Waals surface area contributed by atoms with Crippen LogP contribution in [0.2, 0.25) is 0 Å². The summed E-state index contributed by atoms with van der Waals surface area (Å²) >= 11 is 1.52. The molecule has 0 bridgehead atoms. The highest BCUT2D eigenvalue weighted by molar-refractivity contribution is 8.00. The van der Waals surface area contributed by atoms with Crippen molar-refractivity contribution in [3.05, 3.63) is 23.8 Å². The molecule has 0 amide bonds. The van der Waals surface area contributed by atoms with Gasteiger partial charge in [-0.2, -0.15) is 11.8 Å². The summed E-state index contributed by atoms with van der Waals surface area (Å²) in [7, 11) is 0.266. The van der Waals surface area contributed by atoms with E-state index in [-0.39, 0.29) is 11.8 Å². The number of thioether (sulfide) groups is 1. The van der Waals surface area contributed by atoms with Crippen LogP contribution in [0.3, 0.4) is 0 Å². The van der Waals surface area contributed by atoms with E-state index >= 15 is 0 Å². The lowest BCUT2D eigenvalue weighted by Crippen LogP contribution is -2.15. The van der Waals surface area contributed by atoms with E-state index < -0.39 is 9.84 Å². The van der Waals surface area contributed by atoms with Gasteiger partial charge in [-0.25, -0.2) is 8.42 Å². The van der Waals surface area contributed by atoms with Gasteiger partial charge in [-0.15, -0.1) is 0 Å². The molecule has 0 saturated carbocycles. The first-order valence-electron chi connectivity index (χ1n) is 6.10. The van der Waals surface area contributed by atoms with Gasteiger partial charge in [0.05, 0.1) is 20.0 Å². The third kappa shape index (κ3) is 5.60. The van der Waals surface area contributed by atoms with Gasteiger partial charge >= 0.3 is 0 Å². The van der Waals surface area contributed by atoms with Gasteiger partial charge in [-0.05, 0) is 6.07 Å². The van der Waals surface area contributed by atoms with Crippen molar-refractivity contribution < 1.29 is 17.9 Å². The topological polar surface area (TPSA) is 78.6 Å². The molecule has 0 heterocycles. The molecule has 7 heteroatoms. The lowest BCUT2D eigenvalue weighted by atomic mass is 10.1. The minimum Gasteiger partial charge on any atom is -0.497 e. The zero-order chi connectivity index (χ0) is 15.2. The Kier molecular flexibility index (Phi) is 6.64. The van der Waals surface area contributed by atoms with Crippen LogP contribution in [0, 0.1) is 0 Å². The highest BCUT2D eigenvalue weighted by Crippen LogP contribution is 2.29. The lowest BCUT2D eigenvalue weighted by molar-refractivity contribution is 0.389. The van der Waals surface area contributed by atoms with E-state index in [1.807, 2.05) is 12.1 Å². The summed E-state index contributed by atoms with van der Waals surface area (Å²) in [4.78, 5) is 0. The Morgan fingerprint density at radius 1 is 1.30 bits per heavy atom. The second-order valence-electron chi connectivity index (χ2n) is 4.42. The Bertz CT molecular complexity index is 531. The number of benzene rings is 1. The zero-order valence-electron chi connectivity index (χ0n) is 12.0. The Hall–Kier alpha value is -0.920. The van der Waals surface area contributed by atoms with E-state index in [1.54, 1.807) is 20.3 Å². The Labute approximate surface area is 124 Å². The van der Waals surface area contributed by atoms with Gasteiger partial charge in [0.25, 0.3) is 0 Å². The fourth-order valence-corrected chi connectivity index (χ4v) is 3.92. The molecule has 0 aliphatic carbocycles. The van der Waals surface area contributed by atoms with Gasteiger partial charge in [-0.3, -0.25) is 0 Å². The molecule has 114 valence electrons. The average Bonchev–Trinajstić information content (AvgIpc) is 2.41. The molecule has 1 aromatic carbocycles. The number of rotatable bonds is 8. The van der Waals surface area contributed by atoms with Gasteiger partial charge < -0.3 is 15.2 Å². The number of sulfone groups is 1. The van der Waals surface area contributed by atoms with Crippen molar-refractivity contribution in [3.8, 4) is 11.5 Å². The van der Waals surface area contributed by atoms with Crippen molar-refractivity contribution in [1.82, 2.24) is 0 Å². The summed E-state index contributed by atoms with van der Waals surface area (Å²) in [5.41, 5.74) is 7.01. The molecule has 1 unspecified atom stereocenters. The predicted octanol–water partition coefficient (Wildman–Crippen LogP) is 1.48. The normalized spacial score (nSPS) is 13.0. The van der Waals surface area contributed by atoms with Crippen LogP contribution in [-0.4, -0.2) is 46.2 Å². The molecule has 1 atom stereocenters. The van der Waals surface area contributed by atoms with Crippen molar-refractivity contribution in [2.45, 2.75) is 6.04 Å². The number of nitrogens with two attached hydrogens (primary N) is 1. The third-order valence-corrected chi connectivity index (χ3v) is 5.03. The summed E-state index contributed by atoms with van der Waals surface area (Å²) < 4.78 is 32.5. The standard InChI is InChI=1S/C13H21NO4S2/c1-17-10-4-5-11(13(8-10)18-2)12(14)9-19-6-7-20(3,15)16/h4-5,8,12H,6-7,9,14H2,1-3H3. The highest BCUT2D eigenvalue weighted by atomic mass is 32.2. The molecule has 0 spiro atoms.